The van der Waals surface area contributed by atoms with Crippen LogP contribution in [0.4, 0.5) is 4.39 Å². The number of benzene rings is 1. The molecule has 0 aliphatic heterocycles. The largest absolute Gasteiger partial charge is 0.479 e. The van der Waals surface area contributed by atoms with E-state index in [4.69, 9.17) is 0 Å². The maximum atomic E-state index is 13.0. The third-order valence-electron chi connectivity index (χ3n) is 3.35. The van der Waals surface area contributed by atoms with Crippen molar-refractivity contribution in [1.82, 2.24) is 5.32 Å². The summed E-state index contributed by atoms with van der Waals surface area (Å²) >= 11 is 1.68. The first-order chi connectivity index (χ1) is 10.4. The molecule has 0 bridgehead atoms. The van der Waals surface area contributed by atoms with Gasteiger partial charge in [0.15, 0.2) is 5.54 Å². The molecule has 1 unspecified atom stereocenters. The number of hydrogen-bond acceptors (Lipinski definition) is 3. The van der Waals surface area contributed by atoms with Crippen molar-refractivity contribution in [2.75, 3.05) is 11.5 Å². The van der Waals surface area contributed by atoms with Crippen molar-refractivity contribution in [2.24, 2.45) is 0 Å². The van der Waals surface area contributed by atoms with Gasteiger partial charge >= 0.3 is 5.97 Å². The molecule has 0 aliphatic rings. The minimum atomic E-state index is -1.56. The second-order valence-electron chi connectivity index (χ2n) is 5.20. The molecule has 22 heavy (non-hydrogen) atoms. The van der Waals surface area contributed by atoms with E-state index < -0.39 is 17.3 Å². The number of carboxylic acid groups (broad SMARTS) is 1. The Bertz CT molecular complexity index is 507. The second-order valence-corrected chi connectivity index (χ2v) is 6.43. The number of hydrogen-bond donors (Lipinski definition) is 2. The van der Waals surface area contributed by atoms with Crippen LogP contribution >= 0.6 is 11.8 Å². The lowest BCUT2D eigenvalue weighted by molar-refractivity contribution is -0.147. The number of carbonyl (C=O) groups excluding carboxylic acids is 1. The number of aliphatic carboxylic acids is 1. The highest BCUT2D eigenvalue weighted by Crippen LogP contribution is 2.22. The Balaban J connectivity index is 2.65. The molecule has 1 aromatic rings. The van der Waals surface area contributed by atoms with Crippen LogP contribution in [-0.2, 0) is 15.1 Å². The minimum absolute atomic E-state index is 0.262. The number of halogens is 1. The molecule has 0 aliphatic carbocycles. The molecule has 2 N–H and O–H groups in total. The van der Waals surface area contributed by atoms with E-state index in [0.29, 0.717) is 11.3 Å². The maximum Gasteiger partial charge on any atom is 0.333 e. The third kappa shape index (κ3) is 5.33. The van der Waals surface area contributed by atoms with Crippen LogP contribution in [0, 0.1) is 5.82 Å². The van der Waals surface area contributed by atoms with Crippen LogP contribution in [0.2, 0.25) is 0 Å². The van der Waals surface area contributed by atoms with Gasteiger partial charge in [0, 0.05) is 12.2 Å². The van der Waals surface area contributed by atoms with E-state index in [0.717, 1.165) is 18.6 Å². The van der Waals surface area contributed by atoms with E-state index in [1.54, 1.807) is 11.8 Å². The lowest BCUT2D eigenvalue weighted by atomic mass is 9.92. The van der Waals surface area contributed by atoms with Crippen LogP contribution in [0.3, 0.4) is 0 Å². The van der Waals surface area contributed by atoms with Gasteiger partial charge in [-0.05, 0) is 36.8 Å². The first kappa shape index (κ1) is 18.5. The molecule has 1 aromatic carbocycles. The van der Waals surface area contributed by atoms with Gasteiger partial charge in [0.1, 0.15) is 5.82 Å². The van der Waals surface area contributed by atoms with Gasteiger partial charge in [0.2, 0.25) is 5.91 Å². The summed E-state index contributed by atoms with van der Waals surface area (Å²) in [7, 11) is 0. The van der Waals surface area contributed by atoms with Crippen molar-refractivity contribution in [3.05, 3.63) is 35.6 Å². The molecule has 0 heterocycles. The van der Waals surface area contributed by atoms with Gasteiger partial charge in [0.05, 0.1) is 0 Å². The summed E-state index contributed by atoms with van der Waals surface area (Å²) in [4.78, 5) is 23.5. The van der Waals surface area contributed by atoms with Crippen LogP contribution in [0.5, 0.6) is 0 Å². The summed E-state index contributed by atoms with van der Waals surface area (Å²) in [5.74, 6) is -0.289. The van der Waals surface area contributed by atoms with Crippen LogP contribution in [0.25, 0.3) is 0 Å². The number of rotatable bonds is 9. The van der Waals surface area contributed by atoms with Crippen molar-refractivity contribution in [3.8, 4) is 0 Å². The van der Waals surface area contributed by atoms with Crippen molar-refractivity contribution in [3.63, 3.8) is 0 Å². The van der Waals surface area contributed by atoms with Crippen LogP contribution in [0.1, 0.15) is 38.7 Å². The molecule has 0 fully saturated rings. The highest BCUT2D eigenvalue weighted by molar-refractivity contribution is 7.99. The Kier molecular flexibility index (Phi) is 7.38. The zero-order chi connectivity index (χ0) is 16.6. The van der Waals surface area contributed by atoms with Crippen molar-refractivity contribution in [2.45, 2.75) is 38.6 Å². The summed E-state index contributed by atoms with van der Waals surface area (Å²) in [6.45, 7) is 3.51. The maximum absolute atomic E-state index is 13.0. The van der Waals surface area contributed by atoms with Gasteiger partial charge in [-0.15, -0.1) is 0 Å². The monoisotopic (exact) mass is 327 g/mol. The molecule has 0 radical (unpaired) electrons. The average molecular weight is 327 g/mol. The molecular weight excluding hydrogens is 305 g/mol. The molecule has 0 saturated heterocycles. The highest BCUT2D eigenvalue weighted by Gasteiger charge is 2.36. The van der Waals surface area contributed by atoms with E-state index in [1.165, 1.54) is 31.2 Å². The van der Waals surface area contributed by atoms with Gasteiger partial charge in [0.25, 0.3) is 0 Å². The van der Waals surface area contributed by atoms with Crippen molar-refractivity contribution < 1.29 is 19.1 Å². The zero-order valence-corrected chi connectivity index (χ0v) is 13.7. The van der Waals surface area contributed by atoms with Crippen molar-refractivity contribution in [1.29, 1.82) is 0 Å². The molecule has 6 heteroatoms. The zero-order valence-electron chi connectivity index (χ0n) is 12.9. The Morgan fingerprint density at radius 3 is 2.45 bits per heavy atom. The molecule has 1 amide bonds. The third-order valence-corrected chi connectivity index (χ3v) is 4.42. The van der Waals surface area contributed by atoms with E-state index in [-0.39, 0.29) is 12.3 Å². The molecule has 1 rings (SSSR count). The summed E-state index contributed by atoms with van der Waals surface area (Å²) in [6, 6.07) is 5.12. The Hall–Kier alpha value is -1.56. The normalized spacial score (nSPS) is 13.4. The summed E-state index contributed by atoms with van der Waals surface area (Å²) in [5.41, 5.74) is -1.22. The van der Waals surface area contributed by atoms with Crippen LogP contribution in [0.15, 0.2) is 24.3 Å². The van der Waals surface area contributed by atoms with Gasteiger partial charge in [-0.25, -0.2) is 9.18 Å². The molecule has 0 spiro atoms. The fraction of sp³-hybridized carbons (Fsp3) is 0.500. The summed E-state index contributed by atoms with van der Waals surface area (Å²) < 4.78 is 13.0. The van der Waals surface area contributed by atoms with E-state index in [9.17, 15) is 19.1 Å². The molecule has 0 saturated carbocycles. The van der Waals surface area contributed by atoms with E-state index >= 15 is 0 Å². The molecule has 122 valence electrons. The van der Waals surface area contributed by atoms with Crippen LogP contribution < -0.4 is 5.32 Å². The fourth-order valence-electron chi connectivity index (χ4n) is 1.89. The molecular formula is C16H22FNO3S. The quantitative estimate of drug-likeness (QED) is 0.684. The van der Waals surface area contributed by atoms with E-state index in [1.807, 2.05) is 0 Å². The fourth-order valence-corrected chi connectivity index (χ4v) is 2.91. The highest BCUT2D eigenvalue weighted by atomic mass is 32.2. The number of amides is 1. The second kappa shape index (κ2) is 8.78. The Labute approximate surface area is 134 Å². The SMILES string of the molecule is CCCCSCCC(=O)NC(C)(C(=O)O)c1ccc(F)cc1. The number of nitrogens with one attached hydrogen (secondary N) is 1. The summed E-state index contributed by atoms with van der Waals surface area (Å²) in [6.07, 6.45) is 2.48. The number of thioether (sulfide) groups is 1. The van der Waals surface area contributed by atoms with Crippen molar-refractivity contribution >= 4 is 23.6 Å². The first-order valence-electron chi connectivity index (χ1n) is 7.28. The molecule has 0 aromatic heterocycles. The summed E-state index contributed by atoms with van der Waals surface area (Å²) in [5, 5.41) is 12.0. The molecule has 1 atom stereocenters. The van der Waals surface area contributed by atoms with E-state index in [2.05, 4.69) is 12.2 Å². The minimum Gasteiger partial charge on any atom is -0.479 e. The topological polar surface area (TPSA) is 66.4 Å². The standard InChI is InChI=1S/C16H22FNO3S/c1-3-4-10-22-11-9-14(19)18-16(2,15(20)21)12-5-7-13(17)8-6-12/h5-8H,3-4,9-11H2,1-2H3,(H,18,19)(H,20,21). The first-order valence-corrected chi connectivity index (χ1v) is 8.43. The predicted molar refractivity (Wildman–Crippen MR) is 86.4 cm³/mol. The number of unbranched alkanes of at least 4 members (excludes halogenated alkanes) is 1. The lowest BCUT2D eigenvalue weighted by Crippen LogP contribution is -2.49. The molecule has 4 nitrogen and oxygen atoms in total. The smallest absolute Gasteiger partial charge is 0.333 e. The Morgan fingerprint density at radius 1 is 1.27 bits per heavy atom. The predicted octanol–water partition coefficient (Wildman–Crippen LogP) is 3.17. The van der Waals surface area contributed by atoms with Gasteiger partial charge in [-0.2, -0.15) is 11.8 Å². The number of carboxylic acids is 1. The average Bonchev–Trinajstić information content (AvgIpc) is 2.47. The Morgan fingerprint density at radius 2 is 1.91 bits per heavy atom. The lowest BCUT2D eigenvalue weighted by Gasteiger charge is -2.26. The van der Waals surface area contributed by atoms with Gasteiger partial charge < -0.3 is 10.4 Å². The van der Waals surface area contributed by atoms with Gasteiger partial charge in [-0.3, -0.25) is 4.79 Å². The van der Waals surface area contributed by atoms with Crippen LogP contribution in [-0.4, -0.2) is 28.5 Å². The number of carbonyl (C=O) groups is 2. The van der Waals surface area contributed by atoms with Gasteiger partial charge in [-0.1, -0.05) is 25.5 Å².